The van der Waals surface area contributed by atoms with E-state index in [4.69, 9.17) is 4.98 Å². The van der Waals surface area contributed by atoms with Crippen LogP contribution in [0.25, 0.3) is 11.0 Å². The number of benzene rings is 2. The quantitative estimate of drug-likeness (QED) is 0.282. The smallest absolute Gasteiger partial charge is 0.326 e. The van der Waals surface area contributed by atoms with Gasteiger partial charge in [-0.25, -0.2) is 4.98 Å². The molecule has 31 heavy (non-hydrogen) atoms. The van der Waals surface area contributed by atoms with E-state index in [2.05, 4.69) is 46.2 Å². The summed E-state index contributed by atoms with van der Waals surface area (Å²) >= 11 is 3.39. The molecule has 0 spiro atoms. The minimum atomic E-state index is -4.30. The first-order valence-electron chi connectivity index (χ1n) is 9.96. The normalized spacial score (nSPS) is 19.0. The van der Waals surface area contributed by atoms with E-state index in [0.29, 0.717) is 11.6 Å². The maximum atomic E-state index is 12.6. The van der Waals surface area contributed by atoms with Gasteiger partial charge >= 0.3 is 5.51 Å². The molecule has 1 aliphatic rings. The summed E-state index contributed by atoms with van der Waals surface area (Å²) in [6, 6.07) is 12.5. The fraction of sp³-hybridized carbons (Fsp3) is 0.348. The Morgan fingerprint density at radius 3 is 2.55 bits per heavy atom. The Labute approximate surface area is 192 Å². The molecule has 164 valence electrons. The molecule has 0 unspecified atom stereocenters. The third kappa shape index (κ3) is 5.29. The molecule has 0 saturated heterocycles. The van der Waals surface area contributed by atoms with Crippen molar-refractivity contribution < 1.29 is 13.2 Å². The zero-order valence-electron chi connectivity index (χ0n) is 17.3. The Morgan fingerprint density at radius 1 is 1.19 bits per heavy atom. The van der Waals surface area contributed by atoms with Crippen LogP contribution in [0.5, 0.6) is 0 Å². The number of allylic oxidation sites excluding steroid dienone is 1. The second kappa shape index (κ2) is 8.20. The number of alkyl halides is 3. The van der Waals surface area contributed by atoms with Gasteiger partial charge in [0.15, 0.2) is 0 Å². The highest BCUT2D eigenvalue weighted by atomic mass is 79.9. The molecule has 3 aromatic rings. The van der Waals surface area contributed by atoms with E-state index in [9.17, 15) is 13.2 Å². The van der Waals surface area contributed by atoms with Crippen molar-refractivity contribution in [3.8, 4) is 0 Å². The molecular formula is C23H23BrF3N3S. The Kier molecular flexibility index (Phi) is 5.89. The van der Waals surface area contributed by atoms with Crippen LogP contribution in [0.3, 0.4) is 0 Å². The van der Waals surface area contributed by atoms with Gasteiger partial charge in [0, 0.05) is 21.1 Å². The van der Waals surface area contributed by atoms with E-state index in [0.717, 1.165) is 34.8 Å². The molecule has 1 fully saturated rings. The van der Waals surface area contributed by atoms with E-state index in [-0.39, 0.29) is 28.1 Å². The molecule has 1 heterocycles. The molecule has 3 nitrogen and oxygen atoms in total. The molecule has 1 aliphatic carbocycles. The van der Waals surface area contributed by atoms with Gasteiger partial charge in [0.1, 0.15) is 0 Å². The van der Waals surface area contributed by atoms with Crippen LogP contribution in [0.15, 0.2) is 64.0 Å². The van der Waals surface area contributed by atoms with Crippen molar-refractivity contribution in [3.63, 3.8) is 0 Å². The lowest BCUT2D eigenvalue weighted by Gasteiger charge is -2.38. The van der Waals surface area contributed by atoms with Crippen LogP contribution in [0.4, 0.5) is 24.8 Å². The summed E-state index contributed by atoms with van der Waals surface area (Å²) in [4.78, 5) is 4.96. The number of rotatable bonds is 4. The predicted molar refractivity (Wildman–Crippen MR) is 125 cm³/mol. The predicted octanol–water partition coefficient (Wildman–Crippen LogP) is 8.46. The summed E-state index contributed by atoms with van der Waals surface area (Å²) in [6.45, 7) is 8.77. The van der Waals surface area contributed by atoms with Crippen molar-refractivity contribution in [3.05, 3.63) is 59.1 Å². The minimum absolute atomic E-state index is 0.117. The average Bonchev–Trinajstić information content (AvgIpc) is 2.97. The number of aromatic nitrogens is 2. The fourth-order valence-corrected chi connectivity index (χ4v) is 5.33. The topological polar surface area (TPSA) is 29.9 Å². The number of thioether (sulfide) groups is 1. The molecule has 0 radical (unpaired) electrons. The lowest BCUT2D eigenvalue weighted by Crippen LogP contribution is -2.26. The largest absolute Gasteiger partial charge is 0.446 e. The van der Waals surface area contributed by atoms with E-state index >= 15 is 0 Å². The number of nitrogens with zero attached hydrogens (tertiary/aromatic N) is 2. The van der Waals surface area contributed by atoms with Crippen LogP contribution in [0.2, 0.25) is 0 Å². The van der Waals surface area contributed by atoms with Crippen molar-refractivity contribution in [1.29, 1.82) is 0 Å². The summed E-state index contributed by atoms with van der Waals surface area (Å²) in [5.41, 5.74) is -0.372. The molecule has 0 amide bonds. The number of nitrogens with one attached hydrogen (secondary N) is 1. The Hall–Kier alpha value is -1.93. The maximum absolute atomic E-state index is 12.6. The molecule has 1 atom stereocenters. The van der Waals surface area contributed by atoms with Crippen LogP contribution < -0.4 is 5.32 Å². The molecule has 0 bridgehead atoms. The Bertz CT molecular complexity index is 1120. The maximum Gasteiger partial charge on any atom is 0.446 e. The average molecular weight is 510 g/mol. The SMILES string of the molecule is C=C1C[C@@H](n2c(Nc3ccc(SC(F)(F)F)cc3)nc3cc(Br)ccc32)CC(C)(C)C1. The van der Waals surface area contributed by atoms with Gasteiger partial charge in [0.2, 0.25) is 5.95 Å². The van der Waals surface area contributed by atoms with E-state index < -0.39 is 5.51 Å². The fourth-order valence-electron chi connectivity index (χ4n) is 4.45. The van der Waals surface area contributed by atoms with Crippen LogP contribution >= 0.6 is 27.7 Å². The van der Waals surface area contributed by atoms with E-state index in [1.807, 2.05) is 18.2 Å². The third-order valence-electron chi connectivity index (χ3n) is 5.40. The van der Waals surface area contributed by atoms with E-state index in [1.54, 1.807) is 12.1 Å². The van der Waals surface area contributed by atoms with Gasteiger partial charge in [-0.1, -0.05) is 41.9 Å². The monoisotopic (exact) mass is 509 g/mol. The lowest BCUT2D eigenvalue weighted by molar-refractivity contribution is -0.0328. The molecule has 8 heteroatoms. The second-order valence-corrected chi connectivity index (χ2v) is 10.8. The molecule has 1 aromatic heterocycles. The van der Waals surface area contributed by atoms with Crippen LogP contribution in [-0.2, 0) is 0 Å². The standard InChI is InChI=1S/C23H23BrF3N3S/c1-14-10-17(13-22(2,3)12-14)30-20-9-4-15(24)11-19(20)29-21(30)28-16-5-7-18(8-6-16)31-23(25,26)27/h4-9,11,17H,1,10,12-13H2,2-3H3,(H,28,29)/t17-/m1/s1. The number of hydrogen-bond acceptors (Lipinski definition) is 3. The summed E-state index contributed by atoms with van der Waals surface area (Å²) < 4.78 is 41.0. The number of halogens is 4. The van der Waals surface area contributed by atoms with Crippen LogP contribution in [-0.4, -0.2) is 15.1 Å². The highest BCUT2D eigenvalue weighted by molar-refractivity contribution is 9.10. The van der Waals surface area contributed by atoms with Crippen LogP contribution in [0.1, 0.15) is 39.2 Å². The van der Waals surface area contributed by atoms with Crippen molar-refractivity contribution in [2.24, 2.45) is 5.41 Å². The number of hydrogen-bond donors (Lipinski definition) is 1. The zero-order chi connectivity index (χ0) is 22.4. The van der Waals surface area contributed by atoms with Gasteiger partial charge in [-0.05, 0) is 78.9 Å². The van der Waals surface area contributed by atoms with Gasteiger partial charge in [-0.2, -0.15) is 13.2 Å². The van der Waals surface area contributed by atoms with Crippen molar-refractivity contribution >= 4 is 50.4 Å². The summed E-state index contributed by atoms with van der Waals surface area (Å²) in [6.07, 6.45) is 2.87. The summed E-state index contributed by atoms with van der Waals surface area (Å²) in [5, 5.41) is 3.33. The van der Waals surface area contributed by atoms with Gasteiger partial charge in [-0.15, -0.1) is 0 Å². The molecule has 1 saturated carbocycles. The van der Waals surface area contributed by atoms with Crippen molar-refractivity contribution in [2.75, 3.05) is 5.32 Å². The molecule has 4 rings (SSSR count). The lowest BCUT2D eigenvalue weighted by atomic mass is 9.73. The first-order valence-corrected chi connectivity index (χ1v) is 11.6. The summed E-state index contributed by atoms with van der Waals surface area (Å²) in [5.74, 6) is 0.680. The first-order chi connectivity index (χ1) is 14.5. The molecule has 0 aliphatic heterocycles. The Balaban J connectivity index is 1.70. The highest BCUT2D eigenvalue weighted by Gasteiger charge is 2.33. The number of anilines is 2. The number of imidazole rings is 1. The second-order valence-electron chi connectivity index (χ2n) is 8.79. The Morgan fingerprint density at radius 2 is 1.90 bits per heavy atom. The van der Waals surface area contributed by atoms with Gasteiger partial charge in [-0.3, -0.25) is 0 Å². The molecule has 2 aromatic carbocycles. The van der Waals surface area contributed by atoms with E-state index in [1.165, 1.54) is 17.7 Å². The molecule has 1 N–H and O–H groups in total. The highest BCUT2D eigenvalue weighted by Crippen LogP contribution is 2.45. The summed E-state index contributed by atoms with van der Waals surface area (Å²) in [7, 11) is 0. The zero-order valence-corrected chi connectivity index (χ0v) is 19.7. The van der Waals surface area contributed by atoms with Gasteiger partial charge < -0.3 is 9.88 Å². The first kappa shape index (κ1) is 22.3. The molecular weight excluding hydrogens is 487 g/mol. The minimum Gasteiger partial charge on any atom is -0.326 e. The van der Waals surface area contributed by atoms with Crippen molar-refractivity contribution in [2.45, 2.75) is 49.6 Å². The van der Waals surface area contributed by atoms with Gasteiger partial charge in [0.25, 0.3) is 0 Å². The number of fused-ring (bicyclic) bond motifs is 1. The van der Waals surface area contributed by atoms with Crippen molar-refractivity contribution in [1.82, 2.24) is 9.55 Å². The van der Waals surface area contributed by atoms with Crippen LogP contribution in [0, 0.1) is 5.41 Å². The van der Waals surface area contributed by atoms with Gasteiger partial charge in [0.05, 0.1) is 11.0 Å². The third-order valence-corrected chi connectivity index (χ3v) is 6.63.